The Labute approximate surface area is 98.9 Å². The third-order valence-corrected chi connectivity index (χ3v) is 4.75. The molecule has 16 heavy (non-hydrogen) atoms. The van der Waals surface area contributed by atoms with Crippen molar-refractivity contribution in [3.63, 3.8) is 0 Å². The molecule has 1 aromatic heterocycles. The third kappa shape index (κ3) is 2.70. The van der Waals surface area contributed by atoms with Crippen molar-refractivity contribution < 1.29 is 8.42 Å². The van der Waals surface area contributed by atoms with Gasteiger partial charge in [0.05, 0.1) is 5.69 Å². The van der Waals surface area contributed by atoms with Gasteiger partial charge >= 0.3 is 10.2 Å². The van der Waals surface area contributed by atoms with Crippen molar-refractivity contribution in [2.45, 2.75) is 6.92 Å². The standard InChI is InChI=1S/C8H14N4O2S2/c1-7-6-15-8(10-7)11-16(13,14)12-4-2-9-3-5-12/h6,9H,2-5H2,1H3,(H,10,11). The molecule has 0 radical (unpaired) electrons. The van der Waals surface area contributed by atoms with Crippen molar-refractivity contribution in [1.29, 1.82) is 0 Å². The zero-order valence-electron chi connectivity index (χ0n) is 8.93. The molecule has 90 valence electrons. The maximum absolute atomic E-state index is 11.9. The molecule has 6 nitrogen and oxygen atoms in total. The molecule has 0 aromatic carbocycles. The minimum Gasteiger partial charge on any atom is -0.314 e. The van der Waals surface area contributed by atoms with Crippen LogP contribution in [0.2, 0.25) is 0 Å². The fourth-order valence-corrected chi connectivity index (χ4v) is 3.56. The average Bonchev–Trinajstić information content (AvgIpc) is 2.64. The third-order valence-electron chi connectivity index (χ3n) is 2.25. The van der Waals surface area contributed by atoms with E-state index in [0.717, 1.165) is 5.69 Å². The van der Waals surface area contributed by atoms with E-state index in [0.29, 0.717) is 31.3 Å². The molecule has 1 aromatic rings. The summed E-state index contributed by atoms with van der Waals surface area (Å²) in [6.07, 6.45) is 0. The average molecular weight is 262 g/mol. The molecule has 1 aliphatic rings. The van der Waals surface area contributed by atoms with Crippen molar-refractivity contribution in [3.05, 3.63) is 11.1 Å². The fourth-order valence-electron chi connectivity index (χ4n) is 1.46. The predicted molar refractivity (Wildman–Crippen MR) is 63.8 cm³/mol. The summed E-state index contributed by atoms with van der Waals surface area (Å²) in [7, 11) is -3.43. The number of hydrogen-bond acceptors (Lipinski definition) is 5. The number of nitrogens with zero attached hydrogens (tertiary/aromatic N) is 2. The molecule has 0 amide bonds. The highest BCUT2D eigenvalue weighted by molar-refractivity contribution is 7.90. The summed E-state index contributed by atoms with van der Waals surface area (Å²) in [5.74, 6) is 0. The van der Waals surface area contributed by atoms with Gasteiger partial charge < -0.3 is 5.32 Å². The summed E-state index contributed by atoms with van der Waals surface area (Å²) < 4.78 is 27.8. The van der Waals surface area contributed by atoms with E-state index in [4.69, 9.17) is 0 Å². The number of rotatable bonds is 3. The van der Waals surface area contributed by atoms with Crippen molar-refractivity contribution in [2.75, 3.05) is 30.9 Å². The Balaban J connectivity index is 2.07. The molecule has 2 heterocycles. The largest absolute Gasteiger partial charge is 0.314 e. The lowest BCUT2D eigenvalue weighted by Crippen LogP contribution is -2.48. The Kier molecular flexibility index (Phi) is 3.43. The summed E-state index contributed by atoms with van der Waals surface area (Å²) >= 11 is 1.30. The van der Waals surface area contributed by atoms with Gasteiger partial charge in [-0.3, -0.25) is 0 Å². The van der Waals surface area contributed by atoms with Crippen LogP contribution >= 0.6 is 11.3 Å². The van der Waals surface area contributed by atoms with E-state index in [-0.39, 0.29) is 0 Å². The topological polar surface area (TPSA) is 74.3 Å². The second-order valence-electron chi connectivity index (χ2n) is 3.55. The molecular formula is C8H14N4O2S2. The monoisotopic (exact) mass is 262 g/mol. The Morgan fingerprint density at radius 2 is 2.19 bits per heavy atom. The van der Waals surface area contributed by atoms with Crippen LogP contribution in [0.3, 0.4) is 0 Å². The molecule has 8 heteroatoms. The van der Waals surface area contributed by atoms with Crippen molar-refractivity contribution in [2.24, 2.45) is 0 Å². The highest BCUT2D eigenvalue weighted by Gasteiger charge is 2.24. The van der Waals surface area contributed by atoms with E-state index in [9.17, 15) is 8.42 Å². The van der Waals surface area contributed by atoms with Crippen LogP contribution in [0.25, 0.3) is 0 Å². The first kappa shape index (κ1) is 11.8. The highest BCUT2D eigenvalue weighted by atomic mass is 32.2. The molecular weight excluding hydrogens is 248 g/mol. The summed E-state index contributed by atoms with van der Waals surface area (Å²) in [6.45, 7) is 4.22. The number of aromatic nitrogens is 1. The first-order valence-electron chi connectivity index (χ1n) is 4.99. The van der Waals surface area contributed by atoms with Crippen LogP contribution in [0.4, 0.5) is 5.13 Å². The predicted octanol–water partition coefficient (Wildman–Crippen LogP) is 0.0134. The second-order valence-corrected chi connectivity index (χ2v) is 6.08. The summed E-state index contributed by atoms with van der Waals surface area (Å²) in [4.78, 5) is 4.08. The first-order valence-corrected chi connectivity index (χ1v) is 7.31. The van der Waals surface area contributed by atoms with E-state index in [1.807, 2.05) is 12.3 Å². The van der Waals surface area contributed by atoms with Gasteiger partial charge in [0.15, 0.2) is 5.13 Å². The Morgan fingerprint density at radius 1 is 1.50 bits per heavy atom. The number of nitrogens with one attached hydrogen (secondary N) is 2. The van der Waals surface area contributed by atoms with E-state index in [1.54, 1.807) is 0 Å². The van der Waals surface area contributed by atoms with Gasteiger partial charge in [0.1, 0.15) is 0 Å². The molecule has 2 N–H and O–H groups in total. The van der Waals surface area contributed by atoms with Crippen molar-refractivity contribution >= 4 is 26.7 Å². The highest BCUT2D eigenvalue weighted by Crippen LogP contribution is 2.17. The van der Waals surface area contributed by atoms with Crippen LogP contribution in [0.15, 0.2) is 5.38 Å². The van der Waals surface area contributed by atoms with E-state index >= 15 is 0 Å². The van der Waals surface area contributed by atoms with E-state index in [2.05, 4.69) is 15.0 Å². The minimum atomic E-state index is -3.43. The lowest BCUT2D eigenvalue weighted by Gasteiger charge is -2.26. The molecule has 1 saturated heterocycles. The van der Waals surface area contributed by atoms with Crippen LogP contribution in [-0.4, -0.2) is 43.9 Å². The zero-order chi connectivity index (χ0) is 11.6. The molecule has 0 bridgehead atoms. The van der Waals surface area contributed by atoms with Gasteiger partial charge in [-0.25, -0.2) is 9.71 Å². The molecule has 0 atom stereocenters. The van der Waals surface area contributed by atoms with Crippen molar-refractivity contribution in [1.82, 2.24) is 14.6 Å². The molecule has 0 spiro atoms. The Bertz CT molecular complexity index is 450. The van der Waals surface area contributed by atoms with Gasteiger partial charge in [-0.2, -0.15) is 12.7 Å². The smallest absolute Gasteiger partial charge is 0.303 e. The van der Waals surface area contributed by atoms with Crippen LogP contribution in [0, 0.1) is 6.92 Å². The number of anilines is 1. The SMILES string of the molecule is Cc1csc(NS(=O)(=O)N2CCNCC2)n1. The van der Waals surface area contributed by atoms with Crippen LogP contribution in [0.5, 0.6) is 0 Å². The lowest BCUT2D eigenvalue weighted by molar-refractivity contribution is 0.362. The number of thiazole rings is 1. The van der Waals surface area contributed by atoms with Gasteiger partial charge in [0.25, 0.3) is 0 Å². The number of piperazine rings is 1. The van der Waals surface area contributed by atoms with Crippen LogP contribution in [-0.2, 0) is 10.2 Å². The zero-order valence-corrected chi connectivity index (χ0v) is 10.6. The van der Waals surface area contributed by atoms with Crippen molar-refractivity contribution in [3.8, 4) is 0 Å². The number of aryl methyl sites for hydroxylation is 1. The Morgan fingerprint density at radius 3 is 2.75 bits per heavy atom. The molecule has 1 fully saturated rings. The van der Waals surface area contributed by atoms with Gasteiger partial charge in [-0.1, -0.05) is 0 Å². The lowest BCUT2D eigenvalue weighted by atomic mass is 10.4. The first-order chi connectivity index (χ1) is 7.58. The van der Waals surface area contributed by atoms with Gasteiger partial charge in [0.2, 0.25) is 0 Å². The second kappa shape index (κ2) is 4.66. The molecule has 2 rings (SSSR count). The van der Waals surface area contributed by atoms with E-state index in [1.165, 1.54) is 15.6 Å². The fraction of sp³-hybridized carbons (Fsp3) is 0.625. The van der Waals surface area contributed by atoms with Crippen LogP contribution < -0.4 is 10.0 Å². The summed E-state index contributed by atoms with van der Waals surface area (Å²) in [5, 5.41) is 5.35. The normalized spacial score (nSPS) is 18.6. The maximum Gasteiger partial charge on any atom is 0.303 e. The summed E-state index contributed by atoms with van der Waals surface area (Å²) in [6, 6.07) is 0. The Hall–Kier alpha value is -0.700. The quantitative estimate of drug-likeness (QED) is 0.805. The van der Waals surface area contributed by atoms with E-state index < -0.39 is 10.2 Å². The summed E-state index contributed by atoms with van der Waals surface area (Å²) in [5.41, 5.74) is 0.822. The molecule has 0 saturated carbocycles. The molecule has 0 unspecified atom stereocenters. The van der Waals surface area contributed by atoms with Gasteiger partial charge in [-0.15, -0.1) is 11.3 Å². The molecule has 0 aliphatic carbocycles. The number of hydrogen-bond donors (Lipinski definition) is 2. The van der Waals surface area contributed by atoms with Crippen LogP contribution in [0.1, 0.15) is 5.69 Å². The minimum absolute atomic E-state index is 0.427. The molecule has 1 aliphatic heterocycles. The maximum atomic E-state index is 11.9. The van der Waals surface area contributed by atoms with Gasteiger partial charge in [-0.05, 0) is 6.92 Å². The van der Waals surface area contributed by atoms with Gasteiger partial charge in [0, 0.05) is 31.6 Å².